The van der Waals surface area contributed by atoms with Crippen LogP contribution < -0.4 is 27.7 Å². The second kappa shape index (κ2) is 11.6. The summed E-state index contributed by atoms with van der Waals surface area (Å²) in [5.74, 6) is 6.68. The van der Waals surface area contributed by atoms with Crippen LogP contribution in [0.5, 0.6) is 0 Å². The Morgan fingerprint density at radius 3 is 2.79 bits per heavy atom. The Morgan fingerprint density at radius 1 is 1.21 bits per heavy atom. The van der Waals surface area contributed by atoms with Crippen molar-refractivity contribution >= 4 is 24.0 Å². The maximum Gasteiger partial charge on any atom is 0.323 e. The SMILES string of the molecule is NN/N=C(\N)CCC1CCC2CNC(C(=O)OCCC(=O)NCC=O)CC2C1. The molecule has 0 aromatic rings. The van der Waals surface area contributed by atoms with Gasteiger partial charge in [-0.3, -0.25) is 9.59 Å². The standard InChI is InChI=1S/C18H32N6O4/c19-16(23-24-20)4-2-12-1-3-13-11-22-15(10-14(13)9-12)18(27)28-8-5-17(26)21-6-7-25/h7,12-15,22,24H,1-6,8-11,20H2,(H2,19,23)(H,21,26). The first-order chi connectivity index (χ1) is 13.5. The molecular formula is C18H32N6O4. The largest absolute Gasteiger partial charge is 0.464 e. The molecule has 10 nitrogen and oxygen atoms in total. The number of ether oxygens (including phenoxy) is 1. The molecule has 1 amide bonds. The number of esters is 1. The molecule has 0 radical (unpaired) electrons. The van der Waals surface area contributed by atoms with Crippen LogP contribution in [0.4, 0.5) is 0 Å². The predicted octanol–water partition coefficient (Wildman–Crippen LogP) is -0.855. The predicted molar refractivity (Wildman–Crippen MR) is 104 cm³/mol. The third-order valence-corrected chi connectivity index (χ3v) is 5.67. The number of amides is 1. The van der Waals surface area contributed by atoms with E-state index in [1.165, 1.54) is 0 Å². The van der Waals surface area contributed by atoms with Gasteiger partial charge in [0.1, 0.15) is 24.8 Å². The van der Waals surface area contributed by atoms with Gasteiger partial charge in [-0.1, -0.05) is 6.42 Å². The van der Waals surface area contributed by atoms with Gasteiger partial charge in [0.2, 0.25) is 5.91 Å². The average Bonchev–Trinajstić information content (AvgIpc) is 2.70. The van der Waals surface area contributed by atoms with Crippen LogP contribution in [0.1, 0.15) is 44.9 Å². The van der Waals surface area contributed by atoms with Gasteiger partial charge in [0, 0.05) is 6.42 Å². The zero-order valence-electron chi connectivity index (χ0n) is 16.2. The molecule has 10 heteroatoms. The van der Waals surface area contributed by atoms with E-state index in [2.05, 4.69) is 21.3 Å². The number of rotatable bonds is 10. The maximum atomic E-state index is 12.3. The van der Waals surface area contributed by atoms with Gasteiger partial charge >= 0.3 is 5.97 Å². The molecule has 1 saturated carbocycles. The first-order valence-electron chi connectivity index (χ1n) is 9.91. The number of carbonyl (C=O) groups is 3. The molecule has 0 spiro atoms. The highest BCUT2D eigenvalue weighted by Gasteiger charge is 2.38. The summed E-state index contributed by atoms with van der Waals surface area (Å²) in [6.07, 6.45) is 6.49. The molecule has 2 aliphatic rings. The molecule has 158 valence electrons. The van der Waals surface area contributed by atoms with Gasteiger partial charge in [0.15, 0.2) is 0 Å². The van der Waals surface area contributed by atoms with Gasteiger partial charge in [0.05, 0.1) is 13.0 Å². The monoisotopic (exact) mass is 396 g/mol. The molecule has 2 fully saturated rings. The van der Waals surface area contributed by atoms with Gasteiger partial charge in [-0.15, -0.1) is 0 Å². The topological polar surface area (TPSA) is 161 Å². The Hall–Kier alpha value is -2.20. The normalized spacial score (nSPS) is 27.4. The Morgan fingerprint density at radius 2 is 2.04 bits per heavy atom. The van der Waals surface area contributed by atoms with Crippen LogP contribution in [0.25, 0.3) is 0 Å². The number of carbonyl (C=O) groups excluding carboxylic acids is 3. The van der Waals surface area contributed by atoms with Crippen LogP contribution in [-0.4, -0.2) is 49.7 Å². The summed E-state index contributed by atoms with van der Waals surface area (Å²) < 4.78 is 5.24. The fraction of sp³-hybridized carbons (Fsp3) is 0.778. The highest BCUT2D eigenvalue weighted by atomic mass is 16.5. The number of nitrogens with zero attached hydrogens (tertiary/aromatic N) is 1. The molecule has 4 atom stereocenters. The minimum absolute atomic E-state index is 0.0201. The Balaban J connectivity index is 1.73. The molecular weight excluding hydrogens is 364 g/mol. The lowest BCUT2D eigenvalue weighted by molar-refractivity contribution is -0.148. The maximum absolute atomic E-state index is 12.3. The molecule has 0 bridgehead atoms. The number of hydrazone groups is 1. The van der Waals surface area contributed by atoms with Crippen molar-refractivity contribution in [2.45, 2.75) is 51.0 Å². The van der Waals surface area contributed by atoms with Crippen molar-refractivity contribution in [1.82, 2.24) is 16.2 Å². The average molecular weight is 396 g/mol. The van der Waals surface area contributed by atoms with E-state index >= 15 is 0 Å². The van der Waals surface area contributed by atoms with Gasteiger partial charge in [-0.05, 0) is 50.0 Å². The highest BCUT2D eigenvalue weighted by Crippen LogP contribution is 2.40. The molecule has 0 aromatic heterocycles. The summed E-state index contributed by atoms with van der Waals surface area (Å²) in [5.41, 5.74) is 8.00. The van der Waals surface area contributed by atoms with E-state index in [4.69, 9.17) is 16.3 Å². The van der Waals surface area contributed by atoms with Crippen LogP contribution >= 0.6 is 0 Å². The van der Waals surface area contributed by atoms with Crippen LogP contribution in [0, 0.1) is 17.8 Å². The smallest absolute Gasteiger partial charge is 0.323 e. The number of nitrogens with one attached hydrogen (secondary N) is 3. The minimum Gasteiger partial charge on any atom is -0.464 e. The molecule has 7 N–H and O–H groups in total. The van der Waals surface area contributed by atoms with Crippen LogP contribution in [-0.2, 0) is 19.1 Å². The zero-order chi connectivity index (χ0) is 20.4. The molecule has 1 saturated heterocycles. The van der Waals surface area contributed by atoms with E-state index in [1.54, 1.807) is 0 Å². The van der Waals surface area contributed by atoms with E-state index in [1.807, 2.05) is 0 Å². The van der Waals surface area contributed by atoms with E-state index in [-0.39, 0.29) is 37.5 Å². The lowest BCUT2D eigenvalue weighted by atomic mass is 9.69. The van der Waals surface area contributed by atoms with E-state index in [9.17, 15) is 14.4 Å². The van der Waals surface area contributed by atoms with Crippen LogP contribution in [0.3, 0.4) is 0 Å². The number of aldehydes is 1. The first kappa shape index (κ1) is 22.1. The number of hydrogen-bond donors (Lipinski definition) is 5. The zero-order valence-corrected chi connectivity index (χ0v) is 16.2. The number of piperidine rings is 1. The van der Waals surface area contributed by atoms with Crippen molar-refractivity contribution in [1.29, 1.82) is 0 Å². The number of fused-ring (bicyclic) bond motifs is 1. The third kappa shape index (κ3) is 7.08. The van der Waals surface area contributed by atoms with Crippen LogP contribution in [0.15, 0.2) is 5.10 Å². The summed E-state index contributed by atoms with van der Waals surface area (Å²) in [4.78, 5) is 34.0. The fourth-order valence-electron chi connectivity index (χ4n) is 4.18. The fourth-order valence-corrected chi connectivity index (χ4v) is 4.18. The Bertz CT molecular complexity index is 570. The van der Waals surface area contributed by atoms with Crippen LogP contribution in [0.2, 0.25) is 0 Å². The number of hydrogen-bond acceptors (Lipinski definition) is 8. The summed E-state index contributed by atoms with van der Waals surface area (Å²) in [6.45, 7) is 0.811. The first-order valence-corrected chi connectivity index (χ1v) is 9.91. The third-order valence-electron chi connectivity index (χ3n) is 5.67. The molecule has 2 rings (SSSR count). The van der Waals surface area contributed by atoms with E-state index in [0.29, 0.717) is 36.3 Å². The van der Waals surface area contributed by atoms with Gasteiger partial charge in [-0.25, -0.2) is 11.4 Å². The highest BCUT2D eigenvalue weighted by molar-refractivity contribution is 5.80. The molecule has 4 unspecified atom stereocenters. The molecule has 1 aliphatic heterocycles. The number of amidine groups is 1. The Kier molecular flexibility index (Phi) is 9.15. The summed E-state index contributed by atoms with van der Waals surface area (Å²) in [6, 6.07) is -0.328. The number of nitrogens with two attached hydrogens (primary N) is 2. The quantitative estimate of drug-likeness (QED) is 0.0796. The van der Waals surface area contributed by atoms with Gasteiger partial charge < -0.3 is 25.9 Å². The van der Waals surface area contributed by atoms with Crippen molar-refractivity contribution in [2.75, 3.05) is 19.7 Å². The van der Waals surface area contributed by atoms with Crippen molar-refractivity contribution in [2.24, 2.45) is 34.4 Å². The second-order valence-corrected chi connectivity index (χ2v) is 7.55. The number of hydrazine groups is 1. The summed E-state index contributed by atoms with van der Waals surface area (Å²) in [7, 11) is 0. The molecule has 1 heterocycles. The van der Waals surface area contributed by atoms with Crippen molar-refractivity contribution in [3.8, 4) is 0 Å². The lowest BCUT2D eigenvalue weighted by Gasteiger charge is -2.42. The molecule has 28 heavy (non-hydrogen) atoms. The second-order valence-electron chi connectivity index (χ2n) is 7.55. The molecule has 0 aromatic carbocycles. The Labute approximate surface area is 165 Å². The van der Waals surface area contributed by atoms with E-state index < -0.39 is 0 Å². The van der Waals surface area contributed by atoms with Gasteiger partial charge in [-0.2, -0.15) is 5.10 Å². The van der Waals surface area contributed by atoms with Crippen molar-refractivity contribution in [3.63, 3.8) is 0 Å². The summed E-state index contributed by atoms with van der Waals surface area (Å²) in [5, 5.41) is 9.49. The summed E-state index contributed by atoms with van der Waals surface area (Å²) >= 11 is 0. The van der Waals surface area contributed by atoms with E-state index in [0.717, 1.165) is 38.6 Å². The lowest BCUT2D eigenvalue weighted by Crippen LogP contribution is -2.50. The van der Waals surface area contributed by atoms with Crippen molar-refractivity contribution < 1.29 is 19.1 Å². The molecule has 1 aliphatic carbocycles. The van der Waals surface area contributed by atoms with Crippen molar-refractivity contribution in [3.05, 3.63) is 0 Å². The minimum atomic E-state index is -0.328. The van der Waals surface area contributed by atoms with Gasteiger partial charge in [0.25, 0.3) is 0 Å².